The first-order valence-electron chi connectivity index (χ1n) is 10.8. The molecule has 0 heterocycles. The van der Waals surface area contributed by atoms with Crippen molar-refractivity contribution < 1.29 is 23.8 Å². The molecule has 32 heavy (non-hydrogen) atoms. The van der Waals surface area contributed by atoms with Crippen LogP contribution in [0.15, 0.2) is 42.5 Å². The summed E-state index contributed by atoms with van der Waals surface area (Å²) in [5, 5.41) is 2.86. The highest BCUT2D eigenvalue weighted by Gasteiger charge is 2.25. The van der Waals surface area contributed by atoms with Gasteiger partial charge in [-0.1, -0.05) is 44.0 Å². The maximum absolute atomic E-state index is 13.2. The average Bonchev–Trinajstić information content (AvgIpc) is 2.83. The van der Waals surface area contributed by atoms with Gasteiger partial charge < -0.3 is 19.5 Å². The lowest BCUT2D eigenvalue weighted by Crippen LogP contribution is -2.43. The smallest absolute Gasteiger partial charge is 0.329 e. The average molecular weight is 460 g/mol. The first kappa shape index (κ1) is 25.6. The van der Waals surface area contributed by atoms with E-state index in [4.69, 9.17) is 14.2 Å². The molecule has 0 aliphatic rings. The molecule has 2 aromatic rings. The van der Waals surface area contributed by atoms with Crippen molar-refractivity contribution in [3.05, 3.63) is 59.2 Å². The van der Waals surface area contributed by atoms with E-state index >= 15 is 0 Å². The predicted octanol–water partition coefficient (Wildman–Crippen LogP) is 4.64. The van der Waals surface area contributed by atoms with Crippen LogP contribution in [0.4, 0.5) is 0 Å². The summed E-state index contributed by atoms with van der Waals surface area (Å²) >= 11 is 1.55. The topological polar surface area (TPSA) is 73.9 Å². The number of amides is 1. The molecule has 7 heteroatoms. The standard InChI is InChI=1S/C25H33NO5S/c1-5-6-7-9-19-10-8-11-22(30-3)23(19)24(27)26-21(25(28)31-4)17-32-16-18-12-14-20(29-2)15-13-18/h8,10-15,21H,5-7,9,16-17H2,1-4H3,(H,26,27)/t21-/m1/s1. The Hall–Kier alpha value is -2.67. The number of hydrogen-bond acceptors (Lipinski definition) is 6. The second kappa shape index (κ2) is 13.7. The fourth-order valence-electron chi connectivity index (χ4n) is 3.34. The Balaban J connectivity index is 2.09. The summed E-state index contributed by atoms with van der Waals surface area (Å²) in [5.41, 5.74) is 2.51. The number of carbonyl (C=O) groups excluding carboxylic acids is 2. The summed E-state index contributed by atoms with van der Waals surface area (Å²) in [5.74, 6) is 1.60. The van der Waals surface area contributed by atoms with E-state index in [2.05, 4.69) is 12.2 Å². The quantitative estimate of drug-likeness (QED) is 0.347. The highest BCUT2D eigenvalue weighted by atomic mass is 32.2. The first-order valence-corrected chi connectivity index (χ1v) is 11.9. The third-order valence-corrected chi connectivity index (χ3v) is 6.22. The molecule has 1 N–H and O–H groups in total. The van der Waals surface area contributed by atoms with Gasteiger partial charge in [-0.25, -0.2) is 4.79 Å². The number of thioether (sulfide) groups is 1. The number of nitrogens with one attached hydrogen (secondary N) is 1. The Morgan fingerprint density at radius 2 is 1.75 bits per heavy atom. The number of aryl methyl sites for hydroxylation is 1. The van der Waals surface area contributed by atoms with Crippen molar-refractivity contribution in [1.29, 1.82) is 0 Å². The number of ether oxygens (including phenoxy) is 3. The zero-order valence-electron chi connectivity index (χ0n) is 19.3. The molecular weight excluding hydrogens is 426 g/mol. The van der Waals surface area contributed by atoms with Gasteiger partial charge in [0, 0.05) is 11.5 Å². The molecule has 0 bridgehead atoms. The maximum Gasteiger partial charge on any atom is 0.329 e. The van der Waals surface area contributed by atoms with E-state index in [1.807, 2.05) is 36.4 Å². The van der Waals surface area contributed by atoms with Crippen LogP contribution in [0.3, 0.4) is 0 Å². The van der Waals surface area contributed by atoms with Crippen LogP contribution in [0.25, 0.3) is 0 Å². The molecule has 1 atom stereocenters. The van der Waals surface area contributed by atoms with E-state index in [1.165, 1.54) is 7.11 Å². The minimum absolute atomic E-state index is 0.325. The Morgan fingerprint density at radius 3 is 2.38 bits per heavy atom. The SMILES string of the molecule is CCCCCc1cccc(OC)c1C(=O)N[C@H](CSCc1ccc(OC)cc1)C(=O)OC. The molecule has 0 fully saturated rings. The predicted molar refractivity (Wildman–Crippen MR) is 129 cm³/mol. The third-order valence-electron chi connectivity index (χ3n) is 5.11. The number of benzene rings is 2. The van der Waals surface area contributed by atoms with Crippen LogP contribution in [0.1, 0.15) is 47.7 Å². The van der Waals surface area contributed by atoms with Crippen molar-refractivity contribution in [1.82, 2.24) is 5.32 Å². The fraction of sp³-hybridized carbons (Fsp3) is 0.440. The van der Waals surface area contributed by atoms with Crippen LogP contribution < -0.4 is 14.8 Å². The number of unbranched alkanes of at least 4 members (excludes halogenated alkanes) is 2. The Labute approximate surface area is 195 Å². The second-order valence-electron chi connectivity index (χ2n) is 7.36. The Bertz CT molecular complexity index is 869. The van der Waals surface area contributed by atoms with Crippen molar-refractivity contribution in [2.24, 2.45) is 0 Å². The lowest BCUT2D eigenvalue weighted by Gasteiger charge is -2.19. The van der Waals surface area contributed by atoms with Crippen molar-refractivity contribution in [3.63, 3.8) is 0 Å². The number of methoxy groups -OCH3 is 3. The van der Waals surface area contributed by atoms with Crippen LogP contribution >= 0.6 is 11.8 Å². The third kappa shape index (κ3) is 7.48. The summed E-state index contributed by atoms with van der Waals surface area (Å²) in [6.07, 6.45) is 3.96. The van der Waals surface area contributed by atoms with Crippen molar-refractivity contribution >= 4 is 23.6 Å². The van der Waals surface area contributed by atoms with E-state index in [1.54, 1.807) is 32.0 Å². The van der Waals surface area contributed by atoms with Gasteiger partial charge in [0.25, 0.3) is 5.91 Å². The molecule has 0 saturated heterocycles. The van der Waals surface area contributed by atoms with E-state index < -0.39 is 12.0 Å². The van der Waals surface area contributed by atoms with Gasteiger partial charge in [-0.3, -0.25) is 4.79 Å². The van der Waals surface area contributed by atoms with Crippen molar-refractivity contribution in [2.75, 3.05) is 27.1 Å². The highest BCUT2D eigenvalue weighted by Crippen LogP contribution is 2.25. The molecule has 2 rings (SSSR count). The Kier molecular flexibility index (Phi) is 10.9. The summed E-state index contributed by atoms with van der Waals surface area (Å²) < 4.78 is 15.6. The molecule has 2 aromatic carbocycles. The van der Waals surface area contributed by atoms with Crippen LogP contribution in [-0.2, 0) is 21.7 Å². The number of rotatable bonds is 13. The summed E-state index contributed by atoms with van der Waals surface area (Å²) in [4.78, 5) is 25.5. The van der Waals surface area contributed by atoms with Gasteiger partial charge in [0.1, 0.15) is 17.5 Å². The second-order valence-corrected chi connectivity index (χ2v) is 8.39. The van der Waals surface area contributed by atoms with E-state index in [-0.39, 0.29) is 5.91 Å². The molecule has 0 aliphatic carbocycles. The molecular formula is C25H33NO5S. The molecule has 0 spiro atoms. The van der Waals surface area contributed by atoms with Crippen molar-refractivity contribution in [2.45, 2.75) is 44.4 Å². The number of carbonyl (C=O) groups is 2. The van der Waals surface area contributed by atoms with Crippen LogP contribution in [0, 0.1) is 0 Å². The highest BCUT2D eigenvalue weighted by molar-refractivity contribution is 7.98. The van der Waals surface area contributed by atoms with E-state index in [0.717, 1.165) is 42.6 Å². The molecule has 6 nitrogen and oxygen atoms in total. The summed E-state index contributed by atoms with van der Waals surface area (Å²) in [7, 11) is 4.50. The zero-order chi connectivity index (χ0) is 23.3. The lowest BCUT2D eigenvalue weighted by atomic mass is 9.99. The zero-order valence-corrected chi connectivity index (χ0v) is 20.1. The van der Waals surface area contributed by atoms with Crippen LogP contribution in [0.2, 0.25) is 0 Å². The van der Waals surface area contributed by atoms with Gasteiger partial charge in [-0.2, -0.15) is 11.8 Å². The van der Waals surface area contributed by atoms with Gasteiger partial charge in [-0.05, 0) is 42.2 Å². The van der Waals surface area contributed by atoms with Gasteiger partial charge >= 0.3 is 5.97 Å². The Morgan fingerprint density at radius 1 is 1.00 bits per heavy atom. The minimum atomic E-state index is -0.760. The molecule has 174 valence electrons. The fourth-order valence-corrected chi connectivity index (χ4v) is 4.34. The largest absolute Gasteiger partial charge is 0.497 e. The number of hydrogen-bond donors (Lipinski definition) is 1. The van der Waals surface area contributed by atoms with Crippen LogP contribution in [0.5, 0.6) is 11.5 Å². The molecule has 0 aliphatic heterocycles. The van der Waals surface area contributed by atoms with Crippen molar-refractivity contribution in [3.8, 4) is 11.5 Å². The lowest BCUT2D eigenvalue weighted by molar-refractivity contribution is -0.142. The molecule has 0 aromatic heterocycles. The maximum atomic E-state index is 13.2. The minimum Gasteiger partial charge on any atom is -0.497 e. The first-order chi connectivity index (χ1) is 15.5. The molecule has 0 saturated carbocycles. The summed E-state index contributed by atoms with van der Waals surface area (Å²) in [6.45, 7) is 2.14. The van der Waals surface area contributed by atoms with Gasteiger partial charge in [0.2, 0.25) is 0 Å². The normalized spacial score (nSPS) is 11.5. The molecule has 0 unspecified atom stereocenters. The molecule has 0 radical (unpaired) electrons. The van der Waals surface area contributed by atoms with Gasteiger partial charge in [-0.15, -0.1) is 0 Å². The monoisotopic (exact) mass is 459 g/mol. The van der Waals surface area contributed by atoms with E-state index in [0.29, 0.717) is 22.8 Å². The summed E-state index contributed by atoms with van der Waals surface area (Å²) in [6, 6.07) is 12.6. The van der Waals surface area contributed by atoms with Gasteiger partial charge in [0.05, 0.1) is 26.9 Å². The number of esters is 1. The van der Waals surface area contributed by atoms with Gasteiger partial charge in [0.15, 0.2) is 0 Å². The van der Waals surface area contributed by atoms with Crippen LogP contribution in [-0.4, -0.2) is 45.0 Å². The van der Waals surface area contributed by atoms with E-state index in [9.17, 15) is 9.59 Å². The molecule has 1 amide bonds.